The number of carbonyl (C=O) groups is 1. The van der Waals surface area contributed by atoms with E-state index < -0.39 is 0 Å². The zero-order valence-corrected chi connectivity index (χ0v) is 14.4. The molecule has 1 aromatic heterocycles. The number of carbonyl (C=O) groups excluding carboxylic acids is 1. The van der Waals surface area contributed by atoms with Crippen LogP contribution in [0.2, 0.25) is 0 Å². The molecule has 0 saturated heterocycles. The second kappa shape index (κ2) is 5.06. The predicted octanol–water partition coefficient (Wildman–Crippen LogP) is 3.46. The lowest BCUT2D eigenvalue weighted by molar-refractivity contribution is -0.120. The van der Waals surface area contributed by atoms with Gasteiger partial charge in [-0.3, -0.25) is 9.69 Å². The fourth-order valence-corrected chi connectivity index (χ4v) is 4.30. The summed E-state index contributed by atoms with van der Waals surface area (Å²) in [5.41, 5.74) is 3.69. The molecule has 0 unspecified atom stereocenters. The van der Waals surface area contributed by atoms with Crippen LogP contribution < -0.4 is 9.64 Å². The van der Waals surface area contributed by atoms with Gasteiger partial charge < -0.3 is 4.74 Å². The molecule has 1 fully saturated rings. The van der Waals surface area contributed by atoms with Crippen LogP contribution in [0.5, 0.6) is 5.75 Å². The van der Waals surface area contributed by atoms with Gasteiger partial charge in [0.2, 0.25) is 5.91 Å². The highest BCUT2D eigenvalue weighted by molar-refractivity contribution is 7.13. The molecule has 120 valence electrons. The van der Waals surface area contributed by atoms with Crippen LogP contribution in [-0.4, -0.2) is 24.5 Å². The van der Waals surface area contributed by atoms with Crippen LogP contribution in [0.15, 0.2) is 23.7 Å². The van der Waals surface area contributed by atoms with Gasteiger partial charge in [0.05, 0.1) is 6.61 Å². The number of aromatic nitrogens is 1. The van der Waals surface area contributed by atoms with E-state index in [4.69, 9.17) is 4.74 Å². The zero-order valence-electron chi connectivity index (χ0n) is 13.6. The van der Waals surface area contributed by atoms with E-state index in [1.165, 1.54) is 28.0 Å². The third-order valence-electron chi connectivity index (χ3n) is 5.35. The topological polar surface area (TPSA) is 42.4 Å². The Morgan fingerprint density at radius 3 is 2.91 bits per heavy atom. The zero-order chi connectivity index (χ0) is 16.2. The summed E-state index contributed by atoms with van der Waals surface area (Å²) in [6, 6.07) is 4.34. The van der Waals surface area contributed by atoms with Gasteiger partial charge in [-0.2, -0.15) is 0 Å². The first-order valence-corrected chi connectivity index (χ1v) is 8.82. The van der Waals surface area contributed by atoms with Gasteiger partial charge in [0, 0.05) is 35.5 Å². The number of thiazole rings is 1. The van der Waals surface area contributed by atoms with Gasteiger partial charge in [0.1, 0.15) is 5.75 Å². The van der Waals surface area contributed by atoms with Gasteiger partial charge in [0.25, 0.3) is 0 Å². The van der Waals surface area contributed by atoms with Crippen molar-refractivity contribution in [3.63, 3.8) is 0 Å². The van der Waals surface area contributed by atoms with Gasteiger partial charge in [-0.15, -0.1) is 11.3 Å². The number of aryl methyl sites for hydroxylation is 2. The highest BCUT2D eigenvalue weighted by atomic mass is 32.1. The summed E-state index contributed by atoms with van der Waals surface area (Å²) in [4.78, 5) is 18.8. The fourth-order valence-electron chi connectivity index (χ4n) is 3.69. The first-order chi connectivity index (χ1) is 11.0. The number of hydrogen-bond donors (Lipinski definition) is 0. The third-order valence-corrected chi connectivity index (χ3v) is 6.20. The molecule has 23 heavy (non-hydrogen) atoms. The van der Waals surface area contributed by atoms with Crippen molar-refractivity contribution in [1.82, 2.24) is 4.98 Å². The Morgan fingerprint density at radius 2 is 2.17 bits per heavy atom. The maximum absolute atomic E-state index is 12.9. The van der Waals surface area contributed by atoms with Crippen LogP contribution in [0.25, 0.3) is 0 Å². The Balaban J connectivity index is 1.66. The van der Waals surface area contributed by atoms with Crippen molar-refractivity contribution < 1.29 is 9.53 Å². The number of ether oxygens (including phenoxy) is 1. The summed E-state index contributed by atoms with van der Waals surface area (Å²) in [5.74, 6) is 1.18. The quantitative estimate of drug-likeness (QED) is 0.848. The molecule has 2 aliphatic rings. The van der Waals surface area contributed by atoms with Crippen molar-refractivity contribution in [3.05, 3.63) is 40.4 Å². The normalized spacial score (nSPS) is 24.9. The van der Waals surface area contributed by atoms with Crippen molar-refractivity contribution in [2.24, 2.45) is 5.92 Å². The van der Waals surface area contributed by atoms with Crippen LogP contribution >= 0.6 is 11.3 Å². The molecule has 0 N–H and O–H groups in total. The minimum absolute atomic E-state index is 0.0331. The Kier molecular flexibility index (Phi) is 3.23. The molecule has 1 aliphatic carbocycles. The average Bonchev–Trinajstić information content (AvgIpc) is 2.98. The molecule has 5 heteroatoms. The van der Waals surface area contributed by atoms with E-state index in [0.717, 1.165) is 23.7 Å². The second-order valence-electron chi connectivity index (χ2n) is 6.66. The van der Waals surface area contributed by atoms with E-state index in [9.17, 15) is 4.79 Å². The first-order valence-electron chi connectivity index (χ1n) is 7.94. The Hall–Kier alpha value is -1.88. The minimum atomic E-state index is -0.0331. The van der Waals surface area contributed by atoms with Crippen molar-refractivity contribution in [2.75, 3.05) is 18.6 Å². The van der Waals surface area contributed by atoms with Crippen LogP contribution in [0, 0.1) is 19.8 Å². The number of rotatable bonds is 2. The molecular weight excluding hydrogens is 308 g/mol. The van der Waals surface area contributed by atoms with Crippen molar-refractivity contribution >= 4 is 22.4 Å². The number of fused-ring (bicyclic) bond motifs is 2. The van der Waals surface area contributed by atoms with Crippen LogP contribution in [-0.2, 0) is 10.2 Å². The van der Waals surface area contributed by atoms with Gasteiger partial charge in [-0.25, -0.2) is 4.98 Å². The number of hydrogen-bond acceptors (Lipinski definition) is 4. The molecular formula is C18H20N2O2S. The molecule has 0 bridgehead atoms. The predicted molar refractivity (Wildman–Crippen MR) is 91.3 cm³/mol. The Labute approximate surface area is 140 Å². The molecule has 0 radical (unpaired) electrons. The summed E-state index contributed by atoms with van der Waals surface area (Å²) in [6.07, 6.45) is 3.58. The van der Waals surface area contributed by atoms with Gasteiger partial charge in [0.15, 0.2) is 5.13 Å². The van der Waals surface area contributed by atoms with Crippen LogP contribution in [0.3, 0.4) is 0 Å². The Morgan fingerprint density at radius 1 is 1.39 bits per heavy atom. The largest absolute Gasteiger partial charge is 0.493 e. The number of amides is 1. The van der Waals surface area contributed by atoms with E-state index in [-0.39, 0.29) is 17.2 Å². The molecule has 4 rings (SSSR count). The molecule has 1 aliphatic heterocycles. The van der Waals surface area contributed by atoms with E-state index >= 15 is 0 Å². The summed E-state index contributed by atoms with van der Waals surface area (Å²) >= 11 is 1.50. The molecule has 1 saturated carbocycles. The number of nitrogens with zero attached hydrogens (tertiary/aromatic N) is 2. The fraction of sp³-hybridized carbons (Fsp3) is 0.444. The van der Waals surface area contributed by atoms with Crippen LogP contribution in [0.1, 0.15) is 29.5 Å². The smallest absolute Gasteiger partial charge is 0.232 e. The third kappa shape index (κ3) is 2.17. The summed E-state index contributed by atoms with van der Waals surface area (Å²) in [6.45, 7) is 4.92. The SMILES string of the molecule is Cc1cc2c(cc1C)[C@]1(CCO2)C[C@H]1C(=O)N(C)c1nccs1. The average molecular weight is 328 g/mol. The summed E-state index contributed by atoms with van der Waals surface area (Å²) < 4.78 is 5.86. The molecule has 2 atom stereocenters. The van der Waals surface area contributed by atoms with E-state index in [1.807, 2.05) is 12.4 Å². The van der Waals surface area contributed by atoms with E-state index in [0.29, 0.717) is 6.61 Å². The monoisotopic (exact) mass is 328 g/mol. The molecule has 2 heterocycles. The molecule has 1 spiro atoms. The van der Waals surface area contributed by atoms with Gasteiger partial charge >= 0.3 is 0 Å². The van der Waals surface area contributed by atoms with Crippen molar-refractivity contribution in [3.8, 4) is 5.75 Å². The summed E-state index contributed by atoms with van der Waals surface area (Å²) in [5, 5.41) is 2.67. The van der Waals surface area contributed by atoms with Crippen LogP contribution in [0.4, 0.5) is 5.13 Å². The lowest BCUT2D eigenvalue weighted by Crippen LogP contribution is -2.32. The molecule has 1 amide bonds. The molecule has 2 aromatic rings. The lowest BCUT2D eigenvalue weighted by Gasteiger charge is -2.28. The second-order valence-corrected chi connectivity index (χ2v) is 7.53. The highest BCUT2D eigenvalue weighted by Crippen LogP contribution is 2.61. The lowest BCUT2D eigenvalue weighted by atomic mass is 9.85. The van der Waals surface area contributed by atoms with Crippen molar-refractivity contribution in [2.45, 2.75) is 32.1 Å². The maximum atomic E-state index is 12.9. The van der Waals surface area contributed by atoms with E-state index in [1.54, 1.807) is 11.1 Å². The number of anilines is 1. The minimum Gasteiger partial charge on any atom is -0.493 e. The number of benzene rings is 1. The molecule has 1 aromatic carbocycles. The van der Waals surface area contributed by atoms with E-state index in [2.05, 4.69) is 31.0 Å². The summed E-state index contributed by atoms with van der Waals surface area (Å²) in [7, 11) is 1.83. The molecule has 4 nitrogen and oxygen atoms in total. The van der Waals surface area contributed by atoms with Gasteiger partial charge in [-0.1, -0.05) is 6.07 Å². The maximum Gasteiger partial charge on any atom is 0.232 e. The standard InChI is InChI=1S/C18H20N2O2S/c1-11-8-13-15(9-12(11)2)22-6-4-18(13)10-14(18)16(21)20(3)17-19-5-7-23-17/h5,7-9,14H,4,6,10H2,1-3H3/t14-,18-/m0/s1. The van der Waals surface area contributed by atoms with Gasteiger partial charge in [-0.05, 0) is 43.9 Å². The van der Waals surface area contributed by atoms with Crippen molar-refractivity contribution in [1.29, 1.82) is 0 Å². The first kappa shape index (κ1) is 14.7. The highest BCUT2D eigenvalue weighted by Gasteiger charge is 2.61. The Bertz CT molecular complexity index is 772.